The lowest BCUT2D eigenvalue weighted by Gasteiger charge is -2.54. The van der Waals surface area contributed by atoms with Crippen LogP contribution in [0.2, 0.25) is 0 Å². The minimum Gasteiger partial charge on any atom is -0.444 e. The molecule has 0 aliphatic carbocycles. The van der Waals surface area contributed by atoms with E-state index in [1.807, 2.05) is 20.8 Å². The zero-order chi connectivity index (χ0) is 9.64. The molecule has 0 spiro atoms. The molecule has 4 heteroatoms. The highest BCUT2D eigenvalue weighted by Gasteiger charge is 2.50. The molecule has 2 heterocycles. The van der Waals surface area contributed by atoms with Crippen molar-refractivity contribution >= 4 is 6.09 Å². The Morgan fingerprint density at radius 1 is 1.54 bits per heavy atom. The van der Waals surface area contributed by atoms with Gasteiger partial charge in [-0.25, -0.2) is 4.79 Å². The van der Waals surface area contributed by atoms with Crippen LogP contribution in [0.3, 0.4) is 0 Å². The summed E-state index contributed by atoms with van der Waals surface area (Å²) in [6.45, 7) is 6.99. The van der Waals surface area contributed by atoms with Crippen molar-refractivity contribution in [1.82, 2.24) is 4.90 Å². The van der Waals surface area contributed by atoms with E-state index in [1.54, 1.807) is 4.90 Å². The average molecular weight is 185 g/mol. The van der Waals surface area contributed by atoms with E-state index in [2.05, 4.69) is 0 Å². The van der Waals surface area contributed by atoms with Crippen molar-refractivity contribution in [3.8, 4) is 0 Å². The quantitative estimate of drug-likeness (QED) is 0.565. The van der Waals surface area contributed by atoms with Crippen LogP contribution in [0.4, 0.5) is 4.79 Å². The molecule has 2 aliphatic heterocycles. The second kappa shape index (κ2) is 2.61. The van der Waals surface area contributed by atoms with E-state index >= 15 is 0 Å². The van der Waals surface area contributed by atoms with Crippen molar-refractivity contribution in [2.45, 2.75) is 38.5 Å². The minimum absolute atomic E-state index is 0.211. The normalized spacial score (nSPS) is 31.5. The van der Waals surface area contributed by atoms with Crippen LogP contribution < -0.4 is 0 Å². The summed E-state index contributed by atoms with van der Waals surface area (Å²) in [6, 6.07) is 0.287. The number of rotatable bonds is 0. The van der Waals surface area contributed by atoms with Crippen LogP contribution in [0.25, 0.3) is 0 Å². The molecular weight excluding hydrogens is 170 g/mol. The Balaban J connectivity index is 1.85. The van der Waals surface area contributed by atoms with Crippen molar-refractivity contribution in [1.29, 1.82) is 0 Å². The molecule has 2 fully saturated rings. The molecule has 2 saturated heterocycles. The van der Waals surface area contributed by atoms with E-state index < -0.39 is 5.60 Å². The predicted molar refractivity (Wildman–Crippen MR) is 46.5 cm³/mol. The molecule has 0 aromatic carbocycles. The van der Waals surface area contributed by atoms with E-state index in [4.69, 9.17) is 9.47 Å². The molecule has 74 valence electrons. The first-order valence-corrected chi connectivity index (χ1v) is 4.58. The molecule has 2 rings (SSSR count). The highest BCUT2D eigenvalue weighted by molar-refractivity contribution is 5.70. The maximum absolute atomic E-state index is 11.5. The second-order valence-electron chi connectivity index (χ2n) is 4.57. The third-order valence-electron chi connectivity index (χ3n) is 2.32. The number of carbonyl (C=O) groups is 1. The van der Waals surface area contributed by atoms with Crippen molar-refractivity contribution in [2.75, 3.05) is 13.2 Å². The smallest absolute Gasteiger partial charge is 0.410 e. The Morgan fingerprint density at radius 2 is 2.23 bits per heavy atom. The molecule has 1 unspecified atom stereocenters. The lowest BCUT2D eigenvalue weighted by Crippen LogP contribution is -2.72. The number of nitrogens with zero attached hydrogens (tertiary/aromatic N) is 1. The molecule has 2 atom stereocenters. The van der Waals surface area contributed by atoms with Crippen LogP contribution in [0.1, 0.15) is 20.8 Å². The van der Waals surface area contributed by atoms with Crippen molar-refractivity contribution < 1.29 is 14.3 Å². The highest BCUT2D eigenvalue weighted by Crippen LogP contribution is 2.31. The largest absolute Gasteiger partial charge is 0.444 e. The van der Waals surface area contributed by atoms with E-state index in [-0.39, 0.29) is 18.2 Å². The average Bonchev–Trinajstić information content (AvgIpc) is 1.91. The number of morpholine rings is 1. The Labute approximate surface area is 77.8 Å². The molecule has 0 saturated carbocycles. The molecular formula is C9H15NO3. The minimum atomic E-state index is -0.396. The van der Waals surface area contributed by atoms with Crippen LogP contribution >= 0.6 is 0 Å². The number of ether oxygens (including phenoxy) is 2. The monoisotopic (exact) mass is 185 g/mol. The van der Waals surface area contributed by atoms with Gasteiger partial charge in [-0.15, -0.1) is 0 Å². The molecule has 4 nitrogen and oxygen atoms in total. The van der Waals surface area contributed by atoms with Gasteiger partial charge >= 0.3 is 6.09 Å². The summed E-state index contributed by atoms with van der Waals surface area (Å²) in [4.78, 5) is 13.2. The van der Waals surface area contributed by atoms with Gasteiger partial charge in [0.25, 0.3) is 0 Å². The number of amides is 1. The van der Waals surface area contributed by atoms with Gasteiger partial charge in [-0.05, 0) is 20.8 Å². The summed E-state index contributed by atoms with van der Waals surface area (Å²) < 4.78 is 10.4. The lowest BCUT2D eigenvalue weighted by molar-refractivity contribution is -0.204. The topological polar surface area (TPSA) is 38.8 Å². The molecule has 13 heavy (non-hydrogen) atoms. The van der Waals surface area contributed by atoms with E-state index in [1.165, 1.54) is 0 Å². The fourth-order valence-corrected chi connectivity index (χ4v) is 1.51. The van der Waals surface area contributed by atoms with Gasteiger partial charge in [-0.1, -0.05) is 0 Å². The van der Waals surface area contributed by atoms with Gasteiger partial charge in [0, 0.05) is 0 Å². The number of hydrogen-bond donors (Lipinski definition) is 0. The third-order valence-corrected chi connectivity index (χ3v) is 2.32. The van der Waals surface area contributed by atoms with Gasteiger partial charge < -0.3 is 9.47 Å². The van der Waals surface area contributed by atoms with Crippen LogP contribution in [-0.4, -0.2) is 41.9 Å². The molecule has 0 aromatic rings. The Hall–Kier alpha value is -0.770. The number of likely N-dealkylation sites (tertiary alicyclic amines) is 1. The van der Waals surface area contributed by atoms with Crippen molar-refractivity contribution in [3.63, 3.8) is 0 Å². The molecule has 0 radical (unpaired) electrons. The Morgan fingerprint density at radius 3 is 2.54 bits per heavy atom. The van der Waals surface area contributed by atoms with Crippen molar-refractivity contribution in [2.24, 2.45) is 0 Å². The fraction of sp³-hybridized carbons (Fsp3) is 0.889. The second-order valence-corrected chi connectivity index (χ2v) is 4.57. The lowest BCUT2D eigenvalue weighted by atomic mass is 9.96. The van der Waals surface area contributed by atoms with Gasteiger partial charge in [0.2, 0.25) is 0 Å². The number of carbonyl (C=O) groups excluding carboxylic acids is 1. The summed E-state index contributed by atoms with van der Waals surface area (Å²) in [5.74, 6) is 0. The highest BCUT2D eigenvalue weighted by atomic mass is 16.6. The van der Waals surface area contributed by atoms with Crippen LogP contribution in [0, 0.1) is 0 Å². The first-order chi connectivity index (χ1) is 5.97. The van der Waals surface area contributed by atoms with Gasteiger partial charge in [0.1, 0.15) is 5.60 Å². The zero-order valence-corrected chi connectivity index (χ0v) is 8.24. The maximum Gasteiger partial charge on any atom is 0.410 e. The summed E-state index contributed by atoms with van der Waals surface area (Å²) >= 11 is 0. The zero-order valence-electron chi connectivity index (χ0n) is 8.24. The standard InChI is InChI=1S/C9H15NO3/c1-9(2,3)13-8(11)10-4-7-6(10)5-12-7/h6-7H,4-5H2,1-3H3/t6-,7?/m0/s1. The molecule has 1 amide bonds. The molecule has 2 aliphatic rings. The summed E-state index contributed by atoms with van der Waals surface area (Å²) in [7, 11) is 0. The summed E-state index contributed by atoms with van der Waals surface area (Å²) in [6.07, 6.45) is 0.0737. The van der Waals surface area contributed by atoms with E-state index in [0.717, 1.165) is 0 Å². The molecule has 0 N–H and O–H groups in total. The first kappa shape index (κ1) is 8.81. The van der Waals surface area contributed by atoms with E-state index in [9.17, 15) is 4.79 Å². The van der Waals surface area contributed by atoms with Gasteiger partial charge in [0.15, 0.2) is 0 Å². The summed E-state index contributed by atoms with van der Waals surface area (Å²) in [5, 5.41) is 0. The Bertz CT molecular complexity index is 234. The van der Waals surface area contributed by atoms with Gasteiger partial charge in [0.05, 0.1) is 25.3 Å². The Kier molecular flexibility index (Phi) is 1.77. The SMILES string of the molecule is CC(C)(C)OC(=O)N1CC2OC[C@@H]21. The maximum atomic E-state index is 11.5. The van der Waals surface area contributed by atoms with Crippen molar-refractivity contribution in [3.05, 3.63) is 0 Å². The molecule has 0 bridgehead atoms. The first-order valence-electron chi connectivity index (χ1n) is 4.58. The summed E-state index contributed by atoms with van der Waals surface area (Å²) in [5.41, 5.74) is -0.396. The van der Waals surface area contributed by atoms with E-state index in [0.29, 0.717) is 13.2 Å². The van der Waals surface area contributed by atoms with Gasteiger partial charge in [-0.3, -0.25) is 4.90 Å². The van der Waals surface area contributed by atoms with Crippen LogP contribution in [0.15, 0.2) is 0 Å². The number of fused-ring (bicyclic) bond motifs is 1. The number of hydrogen-bond acceptors (Lipinski definition) is 3. The molecule has 0 aromatic heterocycles. The fourth-order valence-electron chi connectivity index (χ4n) is 1.51. The predicted octanol–water partition coefficient (Wildman–Crippen LogP) is 1.00. The van der Waals surface area contributed by atoms with Crippen LogP contribution in [-0.2, 0) is 9.47 Å². The van der Waals surface area contributed by atoms with Crippen LogP contribution in [0.5, 0.6) is 0 Å². The third kappa shape index (κ3) is 1.50. The van der Waals surface area contributed by atoms with Gasteiger partial charge in [-0.2, -0.15) is 0 Å².